The fourth-order valence-corrected chi connectivity index (χ4v) is 2.19. The summed E-state index contributed by atoms with van der Waals surface area (Å²) in [6.45, 7) is 1.80. The summed E-state index contributed by atoms with van der Waals surface area (Å²) in [7, 11) is 0. The van der Waals surface area contributed by atoms with Crippen LogP contribution in [-0.4, -0.2) is 25.5 Å². The zero-order valence-corrected chi connectivity index (χ0v) is 9.87. The number of nitrogens with two attached hydrogens (primary N) is 1. The summed E-state index contributed by atoms with van der Waals surface area (Å²) in [5.74, 6) is -0.570. The lowest BCUT2D eigenvalue weighted by molar-refractivity contribution is -0.158. The zero-order valence-electron chi connectivity index (χ0n) is 9.12. The van der Waals surface area contributed by atoms with Crippen molar-refractivity contribution in [3.63, 3.8) is 0 Å². The van der Waals surface area contributed by atoms with Gasteiger partial charge in [-0.1, -0.05) is 29.8 Å². The Morgan fingerprint density at radius 1 is 1.25 bits per heavy atom. The molecule has 0 aromatic heterocycles. The fraction of sp³-hybridized carbons (Fsp3) is 0.500. The molecule has 0 amide bonds. The number of halogens is 1. The topological polar surface area (TPSA) is 44.5 Å². The Labute approximate surface area is 100 Å². The van der Waals surface area contributed by atoms with Crippen molar-refractivity contribution >= 4 is 11.6 Å². The van der Waals surface area contributed by atoms with Crippen LogP contribution in [0.5, 0.6) is 0 Å². The minimum absolute atomic E-state index is 0.546. The molecule has 2 N–H and O–H groups in total. The van der Waals surface area contributed by atoms with Crippen LogP contribution in [0.3, 0.4) is 0 Å². The largest absolute Gasteiger partial charge is 0.347 e. The first-order valence-electron chi connectivity index (χ1n) is 5.47. The molecule has 3 nitrogen and oxygen atoms in total. The summed E-state index contributed by atoms with van der Waals surface area (Å²) in [5, 5.41) is 0.748. The van der Waals surface area contributed by atoms with E-state index in [9.17, 15) is 0 Å². The Kier molecular flexibility index (Phi) is 3.82. The summed E-state index contributed by atoms with van der Waals surface area (Å²) in [5.41, 5.74) is 6.63. The number of benzene rings is 1. The van der Waals surface area contributed by atoms with Crippen LogP contribution in [0.25, 0.3) is 0 Å². The summed E-state index contributed by atoms with van der Waals surface area (Å²) < 4.78 is 11.4. The SMILES string of the molecule is NCCC1(Cc2ccccc2Cl)OCCO1. The van der Waals surface area contributed by atoms with Gasteiger partial charge in [-0.15, -0.1) is 0 Å². The molecule has 1 aromatic rings. The van der Waals surface area contributed by atoms with E-state index in [1.165, 1.54) is 0 Å². The molecule has 1 aliphatic rings. The van der Waals surface area contributed by atoms with Gasteiger partial charge in [0.15, 0.2) is 5.79 Å². The minimum atomic E-state index is -0.570. The highest BCUT2D eigenvalue weighted by molar-refractivity contribution is 6.31. The van der Waals surface area contributed by atoms with Crippen LogP contribution >= 0.6 is 11.6 Å². The molecule has 0 aliphatic carbocycles. The quantitative estimate of drug-likeness (QED) is 0.877. The average Bonchev–Trinajstić information content (AvgIpc) is 2.71. The molecule has 0 unspecified atom stereocenters. The van der Waals surface area contributed by atoms with E-state index >= 15 is 0 Å². The standard InChI is InChI=1S/C12H16ClNO2/c13-11-4-2-1-3-10(11)9-12(5-6-14)15-7-8-16-12/h1-4H,5-9,14H2. The monoisotopic (exact) mass is 241 g/mol. The second kappa shape index (κ2) is 5.15. The van der Waals surface area contributed by atoms with Crippen LogP contribution in [0, 0.1) is 0 Å². The van der Waals surface area contributed by atoms with Gasteiger partial charge in [0.2, 0.25) is 0 Å². The van der Waals surface area contributed by atoms with E-state index in [0.717, 1.165) is 10.6 Å². The highest BCUT2D eigenvalue weighted by Crippen LogP contribution is 2.30. The molecule has 1 heterocycles. The van der Waals surface area contributed by atoms with Crippen LogP contribution in [0.15, 0.2) is 24.3 Å². The van der Waals surface area contributed by atoms with Gasteiger partial charge in [0.05, 0.1) is 13.2 Å². The van der Waals surface area contributed by atoms with E-state index < -0.39 is 5.79 Å². The summed E-state index contributed by atoms with van der Waals surface area (Å²) in [6.07, 6.45) is 1.35. The van der Waals surface area contributed by atoms with Crippen LogP contribution < -0.4 is 5.73 Å². The van der Waals surface area contributed by atoms with Gasteiger partial charge in [0.1, 0.15) is 0 Å². The minimum Gasteiger partial charge on any atom is -0.347 e. The molecule has 1 aliphatic heterocycles. The van der Waals surface area contributed by atoms with Crippen molar-refractivity contribution in [3.05, 3.63) is 34.9 Å². The highest BCUT2D eigenvalue weighted by Gasteiger charge is 2.36. The maximum absolute atomic E-state index is 6.12. The van der Waals surface area contributed by atoms with Crippen molar-refractivity contribution < 1.29 is 9.47 Å². The van der Waals surface area contributed by atoms with Crippen molar-refractivity contribution in [2.75, 3.05) is 19.8 Å². The van der Waals surface area contributed by atoms with E-state index in [0.29, 0.717) is 32.6 Å². The first-order chi connectivity index (χ1) is 7.76. The van der Waals surface area contributed by atoms with Crippen molar-refractivity contribution in [2.45, 2.75) is 18.6 Å². The van der Waals surface area contributed by atoms with Crippen molar-refractivity contribution in [1.82, 2.24) is 0 Å². The normalized spacial score (nSPS) is 18.9. The summed E-state index contributed by atoms with van der Waals surface area (Å²) in [6, 6.07) is 7.75. The Morgan fingerprint density at radius 2 is 1.94 bits per heavy atom. The molecule has 1 saturated heterocycles. The van der Waals surface area contributed by atoms with Crippen LogP contribution in [0.2, 0.25) is 5.02 Å². The van der Waals surface area contributed by atoms with Crippen molar-refractivity contribution in [2.24, 2.45) is 5.73 Å². The maximum atomic E-state index is 6.12. The molecule has 0 saturated carbocycles. The smallest absolute Gasteiger partial charge is 0.173 e. The van der Waals surface area contributed by atoms with Gasteiger partial charge in [-0.2, -0.15) is 0 Å². The molecule has 1 aromatic carbocycles. The van der Waals surface area contributed by atoms with E-state index in [1.807, 2.05) is 24.3 Å². The molecular weight excluding hydrogens is 226 g/mol. The second-order valence-electron chi connectivity index (χ2n) is 3.91. The molecule has 0 spiro atoms. The molecule has 4 heteroatoms. The lowest BCUT2D eigenvalue weighted by atomic mass is 10.0. The molecule has 2 rings (SSSR count). The Balaban J connectivity index is 2.14. The lowest BCUT2D eigenvalue weighted by Gasteiger charge is -2.27. The second-order valence-corrected chi connectivity index (χ2v) is 4.32. The van der Waals surface area contributed by atoms with Gasteiger partial charge in [0, 0.05) is 17.9 Å². The van der Waals surface area contributed by atoms with E-state index in [1.54, 1.807) is 0 Å². The number of rotatable bonds is 4. The van der Waals surface area contributed by atoms with Gasteiger partial charge in [-0.3, -0.25) is 0 Å². The lowest BCUT2D eigenvalue weighted by Crippen LogP contribution is -2.35. The predicted molar refractivity (Wildman–Crippen MR) is 63.5 cm³/mol. The Hall–Kier alpha value is -0.610. The molecular formula is C12H16ClNO2. The van der Waals surface area contributed by atoms with Gasteiger partial charge in [-0.25, -0.2) is 0 Å². The highest BCUT2D eigenvalue weighted by atomic mass is 35.5. The van der Waals surface area contributed by atoms with Crippen LogP contribution in [0.4, 0.5) is 0 Å². The van der Waals surface area contributed by atoms with Crippen molar-refractivity contribution in [3.8, 4) is 0 Å². The third-order valence-corrected chi connectivity index (χ3v) is 3.13. The molecule has 0 atom stereocenters. The predicted octanol–water partition coefficient (Wildman–Crippen LogP) is 1.97. The first-order valence-corrected chi connectivity index (χ1v) is 5.85. The molecule has 0 radical (unpaired) electrons. The Bertz CT molecular complexity index is 351. The number of hydrogen-bond donors (Lipinski definition) is 1. The van der Waals surface area contributed by atoms with Gasteiger partial charge in [0.25, 0.3) is 0 Å². The molecule has 16 heavy (non-hydrogen) atoms. The van der Waals surface area contributed by atoms with Crippen LogP contribution in [0.1, 0.15) is 12.0 Å². The van der Waals surface area contributed by atoms with E-state index in [2.05, 4.69) is 0 Å². The van der Waals surface area contributed by atoms with E-state index in [4.69, 9.17) is 26.8 Å². The average molecular weight is 242 g/mol. The molecule has 0 bridgehead atoms. The van der Waals surface area contributed by atoms with Crippen molar-refractivity contribution in [1.29, 1.82) is 0 Å². The zero-order chi connectivity index (χ0) is 11.4. The van der Waals surface area contributed by atoms with Gasteiger partial charge in [-0.05, 0) is 18.2 Å². The van der Waals surface area contributed by atoms with Crippen LogP contribution in [-0.2, 0) is 15.9 Å². The fourth-order valence-electron chi connectivity index (χ4n) is 1.98. The summed E-state index contributed by atoms with van der Waals surface area (Å²) in [4.78, 5) is 0. The summed E-state index contributed by atoms with van der Waals surface area (Å²) >= 11 is 6.12. The Morgan fingerprint density at radius 3 is 2.56 bits per heavy atom. The van der Waals surface area contributed by atoms with E-state index in [-0.39, 0.29) is 0 Å². The third-order valence-electron chi connectivity index (χ3n) is 2.76. The first kappa shape index (κ1) is 11.9. The number of hydrogen-bond acceptors (Lipinski definition) is 3. The van der Waals surface area contributed by atoms with Gasteiger partial charge >= 0.3 is 0 Å². The van der Waals surface area contributed by atoms with Gasteiger partial charge < -0.3 is 15.2 Å². The number of ether oxygens (including phenoxy) is 2. The third kappa shape index (κ3) is 2.55. The molecule has 88 valence electrons. The molecule has 1 fully saturated rings. The maximum Gasteiger partial charge on any atom is 0.173 e.